The molecule has 40 heavy (non-hydrogen) atoms. The summed E-state index contributed by atoms with van der Waals surface area (Å²) in [5.74, 6) is 2.02. The van der Waals surface area contributed by atoms with Crippen molar-refractivity contribution in [1.82, 2.24) is 14.8 Å². The Bertz CT molecular complexity index is 1470. The van der Waals surface area contributed by atoms with Crippen LogP contribution in [0.5, 0.6) is 17.2 Å². The first kappa shape index (κ1) is 26.8. The summed E-state index contributed by atoms with van der Waals surface area (Å²) in [5.41, 5.74) is 3.23. The molecule has 1 amide bonds. The number of ether oxygens (including phenoxy) is 3. The number of nitrogens with one attached hydrogen (secondary N) is 1. The molecule has 2 aliphatic heterocycles. The number of fused-ring (bicyclic) bond motifs is 3. The SMILES string of the molecule is COc1ccc(OC(=O)N2CCc3c([nH]c4c3=CC(Cl)CC=4)C2c2ccc(OCCC3CCCN3C)cc2)cc1. The number of alkyl halides is 1. The Morgan fingerprint density at radius 2 is 1.80 bits per heavy atom. The van der Waals surface area contributed by atoms with Crippen molar-refractivity contribution < 1.29 is 19.0 Å². The van der Waals surface area contributed by atoms with Crippen LogP contribution in [0.15, 0.2) is 48.5 Å². The summed E-state index contributed by atoms with van der Waals surface area (Å²) in [5, 5.41) is 2.21. The molecule has 1 aromatic heterocycles. The number of aromatic amines is 1. The van der Waals surface area contributed by atoms with Gasteiger partial charge in [-0.05, 0) is 93.2 Å². The van der Waals surface area contributed by atoms with Crippen LogP contribution in [0.2, 0.25) is 0 Å². The fraction of sp³-hybridized carbons (Fsp3) is 0.406. The predicted octanol–water partition coefficient (Wildman–Crippen LogP) is 4.61. The molecule has 3 aliphatic rings. The maximum atomic E-state index is 13.6. The van der Waals surface area contributed by atoms with E-state index in [1.165, 1.54) is 24.9 Å². The summed E-state index contributed by atoms with van der Waals surface area (Å²) in [7, 11) is 3.80. The lowest BCUT2D eigenvalue weighted by atomic mass is 9.92. The summed E-state index contributed by atoms with van der Waals surface area (Å²) in [6.07, 6.45) is 8.93. The van der Waals surface area contributed by atoms with Gasteiger partial charge in [-0.15, -0.1) is 11.6 Å². The molecular formula is C32H36ClN3O4. The largest absolute Gasteiger partial charge is 0.497 e. The second-order valence-corrected chi connectivity index (χ2v) is 11.4. The van der Waals surface area contributed by atoms with Crippen LogP contribution in [-0.2, 0) is 6.42 Å². The van der Waals surface area contributed by atoms with Crippen molar-refractivity contribution in [2.24, 2.45) is 0 Å². The number of nitrogens with zero attached hydrogens (tertiary/aromatic N) is 2. The Labute approximate surface area is 240 Å². The van der Waals surface area contributed by atoms with Crippen molar-refractivity contribution >= 4 is 29.8 Å². The molecule has 3 heterocycles. The van der Waals surface area contributed by atoms with Crippen LogP contribution in [0, 0.1) is 0 Å². The van der Waals surface area contributed by atoms with Crippen molar-refractivity contribution in [3.8, 4) is 17.2 Å². The van der Waals surface area contributed by atoms with Crippen LogP contribution < -0.4 is 24.8 Å². The summed E-state index contributed by atoms with van der Waals surface area (Å²) in [6, 6.07) is 15.5. The third kappa shape index (κ3) is 5.45. The highest BCUT2D eigenvalue weighted by atomic mass is 35.5. The molecule has 8 heteroatoms. The number of amides is 1. The van der Waals surface area contributed by atoms with E-state index in [4.69, 9.17) is 25.8 Å². The van der Waals surface area contributed by atoms with E-state index in [1.54, 1.807) is 36.3 Å². The first-order valence-electron chi connectivity index (χ1n) is 14.1. The van der Waals surface area contributed by atoms with Crippen molar-refractivity contribution in [3.05, 3.63) is 75.9 Å². The molecule has 0 radical (unpaired) electrons. The number of aromatic nitrogens is 1. The van der Waals surface area contributed by atoms with Gasteiger partial charge < -0.3 is 24.1 Å². The molecule has 210 valence electrons. The Balaban J connectivity index is 1.26. The zero-order valence-electron chi connectivity index (χ0n) is 23.1. The van der Waals surface area contributed by atoms with Gasteiger partial charge in [-0.3, -0.25) is 4.90 Å². The van der Waals surface area contributed by atoms with Gasteiger partial charge in [-0.25, -0.2) is 4.79 Å². The van der Waals surface area contributed by atoms with E-state index < -0.39 is 6.09 Å². The van der Waals surface area contributed by atoms with Gasteiger partial charge in [0.25, 0.3) is 0 Å². The number of carbonyl (C=O) groups excluding carboxylic acids is 1. The van der Waals surface area contributed by atoms with Gasteiger partial charge in [0.1, 0.15) is 23.3 Å². The van der Waals surface area contributed by atoms with Crippen LogP contribution >= 0.6 is 11.6 Å². The van der Waals surface area contributed by atoms with Gasteiger partial charge in [-0.1, -0.05) is 24.3 Å². The summed E-state index contributed by atoms with van der Waals surface area (Å²) < 4.78 is 17.2. The Hall–Kier alpha value is -3.42. The smallest absolute Gasteiger partial charge is 0.416 e. The van der Waals surface area contributed by atoms with Gasteiger partial charge in [0.15, 0.2) is 0 Å². The van der Waals surface area contributed by atoms with E-state index in [9.17, 15) is 4.79 Å². The average molecular weight is 562 g/mol. The number of benzene rings is 2. The second-order valence-electron chi connectivity index (χ2n) is 10.8. The normalized spacial score (nSPS) is 22.1. The van der Waals surface area contributed by atoms with E-state index >= 15 is 0 Å². The minimum Gasteiger partial charge on any atom is -0.497 e. The number of methoxy groups -OCH3 is 1. The van der Waals surface area contributed by atoms with Crippen LogP contribution in [0.4, 0.5) is 4.79 Å². The molecule has 1 N–H and O–H groups in total. The van der Waals surface area contributed by atoms with Crippen LogP contribution in [0.25, 0.3) is 12.2 Å². The first-order valence-corrected chi connectivity index (χ1v) is 14.6. The number of halogens is 1. The molecule has 6 rings (SSSR count). The number of H-pyrrole nitrogens is 1. The number of rotatable bonds is 7. The van der Waals surface area contributed by atoms with E-state index in [1.807, 2.05) is 12.1 Å². The number of hydrogen-bond acceptors (Lipinski definition) is 5. The monoisotopic (exact) mass is 561 g/mol. The zero-order valence-corrected chi connectivity index (χ0v) is 23.8. The number of carbonyl (C=O) groups is 1. The van der Waals surface area contributed by atoms with Crippen LogP contribution in [-0.4, -0.2) is 66.1 Å². The fourth-order valence-electron chi connectivity index (χ4n) is 6.20. The quantitative estimate of drug-likeness (QED) is 0.427. The third-order valence-corrected chi connectivity index (χ3v) is 8.68. The molecule has 0 saturated carbocycles. The highest BCUT2D eigenvalue weighted by Gasteiger charge is 2.35. The lowest BCUT2D eigenvalue weighted by Crippen LogP contribution is -2.43. The van der Waals surface area contributed by atoms with Crippen molar-refractivity contribution in [1.29, 1.82) is 0 Å². The van der Waals surface area contributed by atoms with Crippen molar-refractivity contribution in [2.75, 3.05) is 33.9 Å². The van der Waals surface area contributed by atoms with Gasteiger partial charge in [0, 0.05) is 28.8 Å². The molecule has 1 saturated heterocycles. The van der Waals surface area contributed by atoms with Crippen LogP contribution in [0.1, 0.15) is 48.5 Å². The minimum absolute atomic E-state index is 0.0237. The maximum Gasteiger partial charge on any atom is 0.416 e. The molecule has 7 nitrogen and oxygen atoms in total. The maximum absolute atomic E-state index is 13.6. The Kier molecular flexibility index (Phi) is 7.76. The van der Waals surface area contributed by atoms with E-state index in [2.05, 4.69) is 41.2 Å². The van der Waals surface area contributed by atoms with Gasteiger partial charge >= 0.3 is 6.09 Å². The van der Waals surface area contributed by atoms with Gasteiger partial charge in [-0.2, -0.15) is 0 Å². The Morgan fingerprint density at radius 3 is 2.52 bits per heavy atom. The lowest BCUT2D eigenvalue weighted by Gasteiger charge is -2.35. The molecule has 3 atom stereocenters. The summed E-state index contributed by atoms with van der Waals surface area (Å²) in [6.45, 7) is 2.39. The highest BCUT2D eigenvalue weighted by molar-refractivity contribution is 6.24. The van der Waals surface area contributed by atoms with Crippen molar-refractivity contribution in [3.63, 3.8) is 0 Å². The summed E-state index contributed by atoms with van der Waals surface area (Å²) in [4.78, 5) is 21.4. The summed E-state index contributed by atoms with van der Waals surface area (Å²) >= 11 is 6.49. The molecule has 2 aromatic carbocycles. The number of likely N-dealkylation sites (tertiary alicyclic amines) is 1. The highest BCUT2D eigenvalue weighted by Crippen LogP contribution is 2.34. The van der Waals surface area contributed by atoms with Gasteiger partial charge in [0.05, 0.1) is 19.1 Å². The van der Waals surface area contributed by atoms with Crippen molar-refractivity contribution in [2.45, 2.75) is 49.6 Å². The first-order chi connectivity index (χ1) is 19.5. The molecule has 3 unspecified atom stereocenters. The van der Waals surface area contributed by atoms with E-state index in [0.29, 0.717) is 30.7 Å². The fourth-order valence-corrected chi connectivity index (χ4v) is 6.41. The number of hydrogen-bond donors (Lipinski definition) is 1. The van der Waals surface area contributed by atoms with E-state index in [0.717, 1.165) is 46.8 Å². The second kappa shape index (κ2) is 11.6. The zero-order chi connectivity index (χ0) is 27.6. The molecular weight excluding hydrogens is 526 g/mol. The standard InChI is InChI=1S/C32H36ClN3O4/c1-35-17-3-4-23(35)16-19-39-25-8-5-21(6-9-25)31-30-27(28-20-22(33)7-14-29(28)34-30)15-18-36(31)32(37)40-26-12-10-24(38-2)11-13-26/h5-6,8-14,20,22-23,31,34H,3-4,7,15-19H2,1-2H3. The molecule has 0 spiro atoms. The lowest BCUT2D eigenvalue weighted by molar-refractivity contribution is 0.135. The topological polar surface area (TPSA) is 67.0 Å². The predicted molar refractivity (Wildman–Crippen MR) is 157 cm³/mol. The average Bonchev–Trinajstić information content (AvgIpc) is 3.55. The van der Waals surface area contributed by atoms with Crippen LogP contribution in [0.3, 0.4) is 0 Å². The molecule has 1 fully saturated rings. The molecule has 1 aliphatic carbocycles. The third-order valence-electron chi connectivity index (χ3n) is 8.38. The molecule has 0 bridgehead atoms. The molecule has 3 aromatic rings. The van der Waals surface area contributed by atoms with Gasteiger partial charge in [0.2, 0.25) is 0 Å². The van der Waals surface area contributed by atoms with E-state index in [-0.39, 0.29) is 11.4 Å². The minimum atomic E-state index is -0.391. The Morgan fingerprint density at radius 1 is 1.05 bits per heavy atom.